The molecule has 0 heterocycles. The van der Waals surface area contributed by atoms with Crippen molar-refractivity contribution in [2.24, 2.45) is 11.7 Å². The minimum absolute atomic E-state index is 0.644. The van der Waals surface area contributed by atoms with E-state index in [0.29, 0.717) is 12.7 Å². The van der Waals surface area contributed by atoms with Crippen LogP contribution in [-0.4, -0.2) is 24.2 Å². The summed E-state index contributed by atoms with van der Waals surface area (Å²) in [4.78, 5) is 2.42. The van der Waals surface area contributed by atoms with Crippen LogP contribution in [0.1, 0.15) is 53.4 Å². The summed E-state index contributed by atoms with van der Waals surface area (Å²) < 4.78 is 0. The fraction of sp³-hybridized carbons (Fsp3) is 1.00. The second kappa shape index (κ2) is 8.25. The first kappa shape index (κ1) is 13.9. The molecule has 0 bridgehead atoms. The van der Waals surface area contributed by atoms with E-state index in [-0.39, 0.29) is 0 Å². The minimum atomic E-state index is 0.644. The Hall–Kier alpha value is -0.0800. The Morgan fingerprint density at radius 1 is 1.14 bits per heavy atom. The number of hydrogen-bond donors (Lipinski definition) is 1. The molecule has 0 aliphatic carbocycles. The molecule has 0 rings (SSSR count). The molecule has 86 valence electrons. The summed E-state index contributed by atoms with van der Waals surface area (Å²) in [5.41, 5.74) is 5.79. The van der Waals surface area contributed by atoms with Gasteiger partial charge in [0.25, 0.3) is 0 Å². The van der Waals surface area contributed by atoms with Crippen LogP contribution < -0.4 is 5.73 Å². The minimum Gasteiger partial charge on any atom is -0.318 e. The van der Waals surface area contributed by atoms with E-state index < -0.39 is 0 Å². The van der Waals surface area contributed by atoms with E-state index >= 15 is 0 Å². The fourth-order valence-electron chi connectivity index (χ4n) is 1.91. The van der Waals surface area contributed by atoms with Gasteiger partial charge in [0.05, 0.1) is 0 Å². The molecule has 0 spiro atoms. The first-order valence-corrected chi connectivity index (χ1v) is 6.13. The van der Waals surface area contributed by atoms with Gasteiger partial charge in [-0.3, -0.25) is 4.90 Å². The number of nitrogens with two attached hydrogens (primary N) is 1. The van der Waals surface area contributed by atoms with Gasteiger partial charge in [0.1, 0.15) is 0 Å². The van der Waals surface area contributed by atoms with E-state index in [1.165, 1.54) is 32.2 Å². The average molecular weight is 200 g/mol. The molecule has 2 heteroatoms. The standard InChI is InChI=1S/C12H28N2/c1-5-8-11(4)14(10-13)9-12(6-2)7-3/h11-12H,5-10,13H2,1-4H3. The van der Waals surface area contributed by atoms with Gasteiger partial charge in [-0.1, -0.05) is 40.0 Å². The van der Waals surface area contributed by atoms with Gasteiger partial charge in [-0.2, -0.15) is 0 Å². The number of hydrogen-bond acceptors (Lipinski definition) is 2. The van der Waals surface area contributed by atoms with Crippen LogP contribution in [0.15, 0.2) is 0 Å². The predicted molar refractivity (Wildman–Crippen MR) is 64.2 cm³/mol. The van der Waals surface area contributed by atoms with Crippen molar-refractivity contribution in [3.63, 3.8) is 0 Å². The lowest BCUT2D eigenvalue weighted by atomic mass is 10.0. The molecule has 0 aromatic carbocycles. The Labute approximate surface area is 89.9 Å². The number of rotatable bonds is 8. The molecule has 0 aliphatic heterocycles. The average Bonchev–Trinajstić information content (AvgIpc) is 2.20. The molecule has 0 saturated carbocycles. The van der Waals surface area contributed by atoms with Crippen molar-refractivity contribution in [3.05, 3.63) is 0 Å². The Bertz CT molecular complexity index is 121. The third kappa shape index (κ3) is 4.97. The van der Waals surface area contributed by atoms with Gasteiger partial charge in [-0.05, 0) is 19.3 Å². The van der Waals surface area contributed by atoms with Crippen molar-refractivity contribution in [2.75, 3.05) is 13.2 Å². The van der Waals surface area contributed by atoms with Crippen LogP contribution in [0, 0.1) is 5.92 Å². The second-order valence-corrected chi connectivity index (χ2v) is 4.27. The highest BCUT2D eigenvalue weighted by atomic mass is 15.2. The van der Waals surface area contributed by atoms with E-state index in [1.807, 2.05) is 0 Å². The first-order valence-electron chi connectivity index (χ1n) is 6.13. The molecule has 0 fully saturated rings. The van der Waals surface area contributed by atoms with Gasteiger partial charge < -0.3 is 5.73 Å². The molecule has 1 unspecified atom stereocenters. The lowest BCUT2D eigenvalue weighted by Crippen LogP contribution is -2.40. The zero-order valence-electron chi connectivity index (χ0n) is 10.4. The van der Waals surface area contributed by atoms with Crippen LogP contribution >= 0.6 is 0 Å². The molecule has 1 atom stereocenters. The highest BCUT2D eigenvalue weighted by Crippen LogP contribution is 2.13. The van der Waals surface area contributed by atoms with Crippen LogP contribution in [-0.2, 0) is 0 Å². The van der Waals surface area contributed by atoms with Crippen molar-refractivity contribution in [1.29, 1.82) is 0 Å². The quantitative estimate of drug-likeness (QED) is 0.610. The van der Waals surface area contributed by atoms with Crippen molar-refractivity contribution in [3.8, 4) is 0 Å². The van der Waals surface area contributed by atoms with Crippen molar-refractivity contribution in [1.82, 2.24) is 4.90 Å². The maximum atomic E-state index is 5.79. The second-order valence-electron chi connectivity index (χ2n) is 4.27. The normalized spacial score (nSPS) is 13.9. The Balaban J connectivity index is 3.98. The van der Waals surface area contributed by atoms with Gasteiger partial charge >= 0.3 is 0 Å². The largest absolute Gasteiger partial charge is 0.318 e. The van der Waals surface area contributed by atoms with Crippen LogP contribution in [0.25, 0.3) is 0 Å². The van der Waals surface area contributed by atoms with Gasteiger partial charge in [0.15, 0.2) is 0 Å². The maximum Gasteiger partial charge on any atom is 0.0457 e. The molecule has 0 aromatic heterocycles. The zero-order valence-corrected chi connectivity index (χ0v) is 10.4. The van der Waals surface area contributed by atoms with Crippen LogP contribution in [0.2, 0.25) is 0 Å². The summed E-state index contributed by atoms with van der Waals surface area (Å²) in [5.74, 6) is 0.817. The Morgan fingerprint density at radius 2 is 1.71 bits per heavy atom. The Kier molecular flexibility index (Phi) is 8.20. The van der Waals surface area contributed by atoms with Gasteiger partial charge in [0.2, 0.25) is 0 Å². The van der Waals surface area contributed by atoms with Gasteiger partial charge in [-0.25, -0.2) is 0 Å². The van der Waals surface area contributed by atoms with Crippen LogP contribution in [0.3, 0.4) is 0 Å². The summed E-state index contributed by atoms with van der Waals surface area (Å²) in [6, 6.07) is 0.644. The van der Waals surface area contributed by atoms with Crippen molar-refractivity contribution in [2.45, 2.75) is 59.4 Å². The third-order valence-corrected chi connectivity index (χ3v) is 3.21. The van der Waals surface area contributed by atoms with Crippen LogP contribution in [0.5, 0.6) is 0 Å². The molecule has 0 saturated heterocycles. The smallest absolute Gasteiger partial charge is 0.0457 e. The van der Waals surface area contributed by atoms with Crippen molar-refractivity contribution < 1.29 is 0 Å². The van der Waals surface area contributed by atoms with E-state index in [2.05, 4.69) is 32.6 Å². The van der Waals surface area contributed by atoms with Gasteiger partial charge in [-0.15, -0.1) is 0 Å². The molecule has 2 N–H and O–H groups in total. The molecule has 0 aliphatic rings. The van der Waals surface area contributed by atoms with E-state index in [0.717, 1.165) is 5.92 Å². The monoisotopic (exact) mass is 200 g/mol. The molecular formula is C12H28N2. The van der Waals surface area contributed by atoms with Gasteiger partial charge in [0, 0.05) is 19.3 Å². The molecule has 14 heavy (non-hydrogen) atoms. The Morgan fingerprint density at radius 3 is 2.07 bits per heavy atom. The van der Waals surface area contributed by atoms with Crippen LogP contribution in [0.4, 0.5) is 0 Å². The fourth-order valence-corrected chi connectivity index (χ4v) is 1.91. The summed E-state index contributed by atoms with van der Waals surface area (Å²) in [6.45, 7) is 10.9. The lowest BCUT2D eigenvalue weighted by Gasteiger charge is -2.30. The topological polar surface area (TPSA) is 29.3 Å². The molecule has 0 radical (unpaired) electrons. The first-order chi connectivity index (χ1) is 6.69. The summed E-state index contributed by atoms with van der Waals surface area (Å²) in [7, 11) is 0. The summed E-state index contributed by atoms with van der Waals surface area (Å²) in [5, 5.41) is 0. The highest BCUT2D eigenvalue weighted by molar-refractivity contribution is 4.68. The highest BCUT2D eigenvalue weighted by Gasteiger charge is 2.14. The SMILES string of the molecule is CCCC(C)N(CN)CC(CC)CC. The van der Waals surface area contributed by atoms with E-state index in [1.54, 1.807) is 0 Å². The van der Waals surface area contributed by atoms with Crippen molar-refractivity contribution >= 4 is 0 Å². The number of nitrogens with zero attached hydrogens (tertiary/aromatic N) is 1. The lowest BCUT2D eigenvalue weighted by molar-refractivity contribution is 0.168. The summed E-state index contributed by atoms with van der Waals surface area (Å²) >= 11 is 0. The molecule has 0 aromatic rings. The molecule has 2 nitrogen and oxygen atoms in total. The third-order valence-electron chi connectivity index (χ3n) is 3.21. The maximum absolute atomic E-state index is 5.79. The molecule has 0 amide bonds. The summed E-state index contributed by atoms with van der Waals surface area (Å²) in [6.07, 6.45) is 5.05. The van der Waals surface area contributed by atoms with E-state index in [9.17, 15) is 0 Å². The zero-order chi connectivity index (χ0) is 11.0. The van der Waals surface area contributed by atoms with E-state index in [4.69, 9.17) is 5.73 Å². The molecular weight excluding hydrogens is 172 g/mol. The predicted octanol–water partition coefficient (Wildman–Crippen LogP) is 2.83.